The van der Waals surface area contributed by atoms with Crippen molar-refractivity contribution in [1.29, 1.82) is 0 Å². The topological polar surface area (TPSA) is 29.5 Å². The maximum atomic E-state index is 10.2. The zero-order valence-electron chi connectivity index (χ0n) is 11.7. The number of aromatic hydroxyl groups is 1. The first kappa shape index (κ1) is 12.6. The molecule has 1 N–H and O–H groups in total. The molecule has 2 radical (unpaired) electrons. The van der Waals surface area contributed by atoms with Gasteiger partial charge in [0.25, 0.3) is 0 Å². The Morgan fingerprint density at radius 1 is 1.37 bits per heavy atom. The Kier molecular flexibility index (Phi) is 2.70. The number of phenolic OH excluding ortho intramolecular Hbond substituents is 1. The molecule has 0 bridgehead atoms. The van der Waals surface area contributed by atoms with E-state index in [0.29, 0.717) is 11.4 Å². The van der Waals surface area contributed by atoms with Crippen molar-refractivity contribution in [3.8, 4) is 11.5 Å². The number of phenols is 1. The molecule has 3 heteroatoms. The summed E-state index contributed by atoms with van der Waals surface area (Å²) in [4.78, 5) is 0. The second kappa shape index (κ2) is 4.06. The first-order valence-electron chi connectivity index (χ1n) is 6.87. The summed E-state index contributed by atoms with van der Waals surface area (Å²) in [5.41, 5.74) is 2.61. The van der Waals surface area contributed by atoms with Crippen LogP contribution in [0.3, 0.4) is 0 Å². The van der Waals surface area contributed by atoms with E-state index >= 15 is 0 Å². The summed E-state index contributed by atoms with van der Waals surface area (Å²) in [6.45, 7) is 6.41. The van der Waals surface area contributed by atoms with Crippen LogP contribution in [0.15, 0.2) is 23.8 Å². The normalized spacial score (nSPS) is 27.8. The van der Waals surface area contributed by atoms with Gasteiger partial charge in [-0.25, -0.2) is 0 Å². The van der Waals surface area contributed by atoms with Gasteiger partial charge in [-0.1, -0.05) is 17.1 Å². The molecule has 0 fully saturated rings. The fourth-order valence-corrected chi connectivity index (χ4v) is 3.54. The van der Waals surface area contributed by atoms with Crippen LogP contribution in [-0.2, 0) is 0 Å². The van der Waals surface area contributed by atoms with Crippen molar-refractivity contribution < 1.29 is 9.84 Å². The number of fused-ring (bicyclic) bond motifs is 3. The van der Waals surface area contributed by atoms with Crippen LogP contribution in [0, 0.1) is 5.92 Å². The van der Waals surface area contributed by atoms with E-state index in [-0.39, 0.29) is 17.3 Å². The summed E-state index contributed by atoms with van der Waals surface area (Å²) in [6.07, 6.45) is 4.50. The third-order valence-electron chi connectivity index (χ3n) is 4.49. The Morgan fingerprint density at radius 3 is 2.84 bits per heavy atom. The molecule has 0 saturated carbocycles. The van der Waals surface area contributed by atoms with Crippen molar-refractivity contribution in [3.63, 3.8) is 0 Å². The van der Waals surface area contributed by atoms with Gasteiger partial charge in [0.05, 0.1) is 0 Å². The Morgan fingerprint density at radius 2 is 2.11 bits per heavy atom. The Balaban J connectivity index is 2.21. The number of allylic oxidation sites excluding steroid dienone is 2. The number of hydrogen-bond acceptors (Lipinski definition) is 2. The van der Waals surface area contributed by atoms with Crippen molar-refractivity contribution in [2.75, 3.05) is 0 Å². The van der Waals surface area contributed by atoms with Gasteiger partial charge in [0, 0.05) is 17.4 Å². The third-order valence-corrected chi connectivity index (χ3v) is 4.49. The highest BCUT2D eigenvalue weighted by Crippen LogP contribution is 2.52. The Bertz CT molecular complexity index is 560. The molecule has 3 rings (SSSR count). The predicted molar refractivity (Wildman–Crippen MR) is 77.4 cm³/mol. The van der Waals surface area contributed by atoms with Gasteiger partial charge in [0.2, 0.25) is 0 Å². The highest BCUT2D eigenvalue weighted by Gasteiger charge is 2.45. The largest absolute Gasteiger partial charge is 0.508 e. The highest BCUT2D eigenvalue weighted by molar-refractivity contribution is 6.32. The zero-order chi connectivity index (χ0) is 13.8. The van der Waals surface area contributed by atoms with Crippen molar-refractivity contribution in [2.45, 2.75) is 45.1 Å². The molecule has 98 valence electrons. The van der Waals surface area contributed by atoms with Gasteiger partial charge < -0.3 is 9.84 Å². The molecule has 0 saturated heterocycles. The lowest BCUT2D eigenvalue weighted by molar-refractivity contribution is 0.0109. The molecule has 19 heavy (non-hydrogen) atoms. The van der Waals surface area contributed by atoms with Crippen LogP contribution in [0.1, 0.15) is 45.1 Å². The molecule has 1 aromatic carbocycles. The second-order valence-corrected chi connectivity index (χ2v) is 6.34. The smallest absolute Gasteiger partial charge is 0.127 e. The molecule has 1 aromatic rings. The van der Waals surface area contributed by atoms with E-state index in [9.17, 15) is 5.11 Å². The summed E-state index contributed by atoms with van der Waals surface area (Å²) in [7, 11) is 5.81. The molecule has 2 nitrogen and oxygen atoms in total. The van der Waals surface area contributed by atoms with E-state index in [1.165, 1.54) is 5.57 Å². The van der Waals surface area contributed by atoms with Crippen LogP contribution in [0.2, 0.25) is 0 Å². The maximum absolute atomic E-state index is 10.2. The molecular weight excluding hydrogens is 235 g/mol. The van der Waals surface area contributed by atoms with E-state index in [1.54, 1.807) is 6.07 Å². The van der Waals surface area contributed by atoms with Crippen molar-refractivity contribution >= 4 is 13.3 Å². The summed E-state index contributed by atoms with van der Waals surface area (Å²) in [6, 6.07) is 3.44. The van der Waals surface area contributed by atoms with E-state index in [2.05, 4.69) is 26.8 Å². The van der Waals surface area contributed by atoms with Crippen LogP contribution in [0.5, 0.6) is 11.5 Å². The van der Waals surface area contributed by atoms with Crippen LogP contribution in [0.4, 0.5) is 0 Å². The molecule has 1 heterocycles. The van der Waals surface area contributed by atoms with Gasteiger partial charge in [0.15, 0.2) is 0 Å². The van der Waals surface area contributed by atoms with Crippen LogP contribution in [0.25, 0.3) is 0 Å². The number of rotatable bonds is 0. The molecule has 1 unspecified atom stereocenters. The van der Waals surface area contributed by atoms with Gasteiger partial charge in [-0.15, -0.1) is 0 Å². The van der Waals surface area contributed by atoms with Crippen LogP contribution in [-0.4, -0.2) is 18.6 Å². The average Bonchev–Trinajstić information content (AvgIpc) is 2.25. The van der Waals surface area contributed by atoms with Gasteiger partial charge in [0.1, 0.15) is 24.9 Å². The lowest BCUT2D eigenvalue weighted by Gasteiger charge is -2.46. The first-order chi connectivity index (χ1) is 8.88. The highest BCUT2D eigenvalue weighted by atomic mass is 16.5. The Hall–Kier alpha value is -1.38. The van der Waals surface area contributed by atoms with Crippen molar-refractivity contribution in [3.05, 3.63) is 29.3 Å². The van der Waals surface area contributed by atoms with Crippen molar-refractivity contribution in [1.82, 2.24) is 0 Å². The van der Waals surface area contributed by atoms with Crippen molar-refractivity contribution in [2.24, 2.45) is 5.92 Å². The lowest BCUT2D eigenvalue weighted by Crippen LogP contribution is -2.45. The van der Waals surface area contributed by atoms with E-state index in [0.717, 1.165) is 24.2 Å². The van der Waals surface area contributed by atoms with Gasteiger partial charge in [-0.2, -0.15) is 0 Å². The van der Waals surface area contributed by atoms with E-state index < -0.39 is 0 Å². The molecular formula is C16H19BO2. The fourth-order valence-electron chi connectivity index (χ4n) is 3.54. The quantitative estimate of drug-likeness (QED) is 0.569. The molecule has 2 atom stereocenters. The SMILES string of the molecule is [B]c1cc(O)c2c(c1)OC(C)(C)[C@@H]1CCC(C)=CC21. The first-order valence-corrected chi connectivity index (χ1v) is 6.87. The minimum atomic E-state index is -0.227. The minimum Gasteiger partial charge on any atom is -0.508 e. The summed E-state index contributed by atoms with van der Waals surface area (Å²) < 4.78 is 6.12. The fraction of sp³-hybridized carbons (Fsp3) is 0.500. The molecule has 0 amide bonds. The minimum absolute atomic E-state index is 0.227. The van der Waals surface area contributed by atoms with Crippen LogP contribution < -0.4 is 10.2 Å². The Labute approximate surface area is 115 Å². The summed E-state index contributed by atoms with van der Waals surface area (Å²) >= 11 is 0. The summed E-state index contributed by atoms with van der Waals surface area (Å²) in [5.74, 6) is 1.62. The number of benzene rings is 1. The number of hydrogen-bond donors (Lipinski definition) is 1. The predicted octanol–water partition coefficient (Wildman–Crippen LogP) is 2.80. The van der Waals surface area contributed by atoms with Gasteiger partial charge in [-0.05, 0) is 45.7 Å². The van der Waals surface area contributed by atoms with Gasteiger partial charge >= 0.3 is 0 Å². The zero-order valence-corrected chi connectivity index (χ0v) is 11.7. The van der Waals surface area contributed by atoms with Gasteiger partial charge in [-0.3, -0.25) is 0 Å². The molecule has 2 aliphatic rings. The third kappa shape index (κ3) is 1.96. The maximum Gasteiger partial charge on any atom is 0.127 e. The molecule has 0 spiro atoms. The van der Waals surface area contributed by atoms with E-state index in [4.69, 9.17) is 12.6 Å². The van der Waals surface area contributed by atoms with E-state index in [1.807, 2.05) is 6.07 Å². The average molecular weight is 254 g/mol. The number of ether oxygens (including phenoxy) is 1. The second-order valence-electron chi connectivity index (χ2n) is 6.34. The summed E-state index contributed by atoms with van der Waals surface area (Å²) in [5, 5.41) is 10.2. The standard InChI is InChI=1S/C16H19BO2/c1-9-4-5-12-11(6-9)15-13(18)7-10(17)8-14(15)19-16(12,2)3/h6-8,11-12,18H,4-5H2,1-3H3/t11?,12-/m1/s1. The molecule has 0 aromatic heterocycles. The molecule has 1 aliphatic carbocycles. The van der Waals surface area contributed by atoms with Crippen LogP contribution >= 0.6 is 0 Å². The molecule has 1 aliphatic heterocycles. The lowest BCUT2D eigenvalue weighted by atomic mass is 9.67. The monoisotopic (exact) mass is 254 g/mol.